The van der Waals surface area contributed by atoms with Gasteiger partial charge in [-0.2, -0.15) is 5.10 Å². The quantitative estimate of drug-likeness (QED) is 0.451. The number of carbonyl (C=O) groups excluding carboxylic acids is 1. The molecular formula is C17H29N3O. The molecule has 4 nitrogen and oxygen atoms in total. The van der Waals surface area contributed by atoms with Crippen LogP contribution < -0.4 is 11.2 Å². The molecule has 0 aromatic carbocycles. The number of urea groups is 1. The molecule has 2 amide bonds. The van der Waals surface area contributed by atoms with E-state index in [9.17, 15) is 4.79 Å². The van der Waals surface area contributed by atoms with Gasteiger partial charge in [0.15, 0.2) is 0 Å². The van der Waals surface area contributed by atoms with E-state index < -0.39 is 6.03 Å². The van der Waals surface area contributed by atoms with E-state index in [1.807, 2.05) is 6.92 Å². The number of nitrogens with two attached hydrogens (primary N) is 1. The van der Waals surface area contributed by atoms with E-state index in [2.05, 4.69) is 38.2 Å². The van der Waals surface area contributed by atoms with Gasteiger partial charge in [-0.1, -0.05) is 38.8 Å². The molecule has 0 unspecified atom stereocenters. The summed E-state index contributed by atoms with van der Waals surface area (Å²) in [5, 5.41) is 4.22. The number of hydrazone groups is 1. The van der Waals surface area contributed by atoms with Crippen LogP contribution in [0.3, 0.4) is 0 Å². The molecule has 0 aromatic rings. The third-order valence-electron chi connectivity index (χ3n) is 5.87. The van der Waals surface area contributed by atoms with E-state index in [0.717, 1.165) is 18.6 Å². The Hall–Kier alpha value is -1.32. The molecule has 2 rings (SSSR count). The number of nitrogens with zero attached hydrogens (tertiary/aromatic N) is 1. The number of rotatable bonds is 2. The van der Waals surface area contributed by atoms with E-state index in [4.69, 9.17) is 5.73 Å². The van der Waals surface area contributed by atoms with Crippen molar-refractivity contribution in [3.8, 4) is 0 Å². The first-order chi connectivity index (χ1) is 9.67. The van der Waals surface area contributed by atoms with Gasteiger partial charge in [0.25, 0.3) is 0 Å². The van der Waals surface area contributed by atoms with E-state index in [1.165, 1.54) is 19.3 Å². The zero-order chi connectivity index (χ0) is 15.8. The molecule has 2 atom stereocenters. The Kier molecular flexibility index (Phi) is 4.18. The van der Waals surface area contributed by atoms with Crippen LogP contribution >= 0.6 is 0 Å². The van der Waals surface area contributed by atoms with Crippen LogP contribution in [0.2, 0.25) is 0 Å². The molecule has 3 N–H and O–H groups in total. The van der Waals surface area contributed by atoms with Gasteiger partial charge in [0.1, 0.15) is 0 Å². The van der Waals surface area contributed by atoms with E-state index in [0.29, 0.717) is 11.3 Å². The van der Waals surface area contributed by atoms with E-state index in [-0.39, 0.29) is 5.41 Å². The summed E-state index contributed by atoms with van der Waals surface area (Å²) in [6.07, 6.45) is 6.04. The number of allylic oxidation sites excluding steroid dienone is 2. The molecule has 0 radical (unpaired) electrons. The van der Waals surface area contributed by atoms with Crippen molar-refractivity contribution in [3.63, 3.8) is 0 Å². The summed E-state index contributed by atoms with van der Waals surface area (Å²) in [6.45, 7) is 11.3. The summed E-state index contributed by atoms with van der Waals surface area (Å²) in [6, 6.07) is -0.598. The number of hydrogen-bond acceptors (Lipinski definition) is 2. The average Bonchev–Trinajstić information content (AvgIpc) is 2.38. The maximum atomic E-state index is 10.9. The second kappa shape index (κ2) is 5.47. The van der Waals surface area contributed by atoms with Crippen molar-refractivity contribution in [1.29, 1.82) is 0 Å². The summed E-state index contributed by atoms with van der Waals surface area (Å²) in [5.74, 6) is 0.531. The molecule has 0 spiro atoms. The van der Waals surface area contributed by atoms with Crippen molar-refractivity contribution in [2.75, 3.05) is 0 Å². The summed E-state index contributed by atoms with van der Waals surface area (Å²) in [7, 11) is 0. The number of carbonyl (C=O) groups is 1. The van der Waals surface area contributed by atoms with Gasteiger partial charge in [-0.15, -0.1) is 0 Å². The fourth-order valence-electron chi connectivity index (χ4n) is 4.00. The normalized spacial score (nSPS) is 32.6. The summed E-state index contributed by atoms with van der Waals surface area (Å²) < 4.78 is 0. The lowest BCUT2D eigenvalue weighted by molar-refractivity contribution is 0.222. The van der Waals surface area contributed by atoms with Crippen LogP contribution in [-0.4, -0.2) is 11.7 Å². The van der Waals surface area contributed by atoms with Gasteiger partial charge in [0.2, 0.25) is 0 Å². The zero-order valence-corrected chi connectivity index (χ0v) is 14.0. The van der Waals surface area contributed by atoms with Crippen LogP contribution in [0.5, 0.6) is 0 Å². The smallest absolute Gasteiger partial charge is 0.332 e. The van der Waals surface area contributed by atoms with Crippen molar-refractivity contribution < 1.29 is 4.79 Å². The van der Waals surface area contributed by atoms with Crippen LogP contribution in [0, 0.1) is 16.7 Å². The molecule has 2 aliphatic carbocycles. The average molecular weight is 291 g/mol. The fourth-order valence-corrected chi connectivity index (χ4v) is 4.00. The van der Waals surface area contributed by atoms with Gasteiger partial charge in [0, 0.05) is 11.1 Å². The van der Waals surface area contributed by atoms with E-state index in [1.54, 1.807) is 11.1 Å². The van der Waals surface area contributed by atoms with Crippen LogP contribution in [0.4, 0.5) is 4.79 Å². The van der Waals surface area contributed by atoms with Gasteiger partial charge in [-0.05, 0) is 50.4 Å². The minimum atomic E-state index is -0.598. The van der Waals surface area contributed by atoms with Crippen molar-refractivity contribution >= 4 is 11.7 Å². The highest BCUT2D eigenvalue weighted by Gasteiger charge is 2.44. The Morgan fingerprint density at radius 2 is 2.05 bits per heavy atom. The van der Waals surface area contributed by atoms with Crippen LogP contribution in [-0.2, 0) is 0 Å². The first-order valence-corrected chi connectivity index (χ1v) is 7.98. The Labute approximate surface area is 128 Å². The Morgan fingerprint density at radius 1 is 1.38 bits per heavy atom. The fraction of sp³-hybridized carbons (Fsp3) is 0.765. The number of primary amides is 1. The molecular weight excluding hydrogens is 262 g/mol. The molecule has 118 valence electrons. The molecule has 0 saturated carbocycles. The van der Waals surface area contributed by atoms with Gasteiger partial charge in [-0.3, -0.25) is 0 Å². The van der Waals surface area contributed by atoms with Gasteiger partial charge < -0.3 is 5.73 Å². The van der Waals surface area contributed by atoms with Gasteiger partial charge in [-0.25, -0.2) is 10.2 Å². The van der Waals surface area contributed by atoms with Crippen LogP contribution in [0.25, 0.3) is 0 Å². The minimum absolute atomic E-state index is 0.00407. The molecule has 0 saturated heterocycles. The van der Waals surface area contributed by atoms with Crippen LogP contribution in [0.15, 0.2) is 16.2 Å². The lowest BCUT2D eigenvalue weighted by Crippen LogP contribution is -2.41. The van der Waals surface area contributed by atoms with Crippen molar-refractivity contribution in [1.82, 2.24) is 5.43 Å². The van der Waals surface area contributed by atoms with Crippen molar-refractivity contribution in [2.45, 2.75) is 66.7 Å². The molecule has 0 aliphatic heterocycles. The maximum Gasteiger partial charge on any atom is 0.332 e. The predicted molar refractivity (Wildman–Crippen MR) is 87.0 cm³/mol. The second-order valence-electron chi connectivity index (χ2n) is 7.69. The third-order valence-corrected chi connectivity index (χ3v) is 5.87. The first kappa shape index (κ1) is 16.1. The number of nitrogens with one attached hydrogen (secondary N) is 1. The highest BCUT2D eigenvalue weighted by atomic mass is 16.2. The lowest BCUT2D eigenvalue weighted by Gasteiger charge is -2.48. The molecule has 4 heteroatoms. The molecule has 0 aromatic heterocycles. The molecule has 0 heterocycles. The summed E-state index contributed by atoms with van der Waals surface area (Å²) in [5.41, 5.74) is 12.1. The molecule has 21 heavy (non-hydrogen) atoms. The molecule has 0 bridgehead atoms. The Balaban J connectivity index is 2.32. The maximum absolute atomic E-state index is 10.9. The summed E-state index contributed by atoms with van der Waals surface area (Å²) in [4.78, 5) is 10.9. The highest BCUT2D eigenvalue weighted by molar-refractivity contribution is 5.89. The van der Waals surface area contributed by atoms with Crippen molar-refractivity contribution in [3.05, 3.63) is 11.1 Å². The topological polar surface area (TPSA) is 67.5 Å². The molecule has 2 aliphatic rings. The number of hydrogen-bond donors (Lipinski definition) is 2. The predicted octanol–water partition coefficient (Wildman–Crippen LogP) is 3.97. The number of amides is 2. The van der Waals surface area contributed by atoms with Gasteiger partial charge in [0.05, 0.1) is 0 Å². The van der Waals surface area contributed by atoms with Crippen LogP contribution in [0.1, 0.15) is 66.7 Å². The second-order valence-corrected chi connectivity index (χ2v) is 7.69. The monoisotopic (exact) mass is 291 g/mol. The third kappa shape index (κ3) is 2.99. The Bertz CT molecular complexity index is 504. The highest BCUT2D eigenvalue weighted by Crippen LogP contribution is 2.54. The van der Waals surface area contributed by atoms with E-state index >= 15 is 0 Å². The first-order valence-electron chi connectivity index (χ1n) is 7.98. The lowest BCUT2D eigenvalue weighted by atomic mass is 9.57. The summed E-state index contributed by atoms with van der Waals surface area (Å²) >= 11 is 0. The van der Waals surface area contributed by atoms with Crippen molar-refractivity contribution in [2.24, 2.45) is 27.6 Å². The zero-order valence-electron chi connectivity index (χ0n) is 14.0. The Morgan fingerprint density at radius 3 is 2.67 bits per heavy atom. The van der Waals surface area contributed by atoms with Gasteiger partial charge >= 0.3 is 6.03 Å². The standard InChI is InChI=1S/C17H29N3O/c1-11-9-13-7-6-8-16(3,4)14(13)10-17(11,5)12(2)19-20-15(18)21/h11H,6-10H2,1-5H3,(H3,18,20,21)/b19-12-/t11-,17-/m0/s1. The minimum Gasteiger partial charge on any atom is -0.350 e. The SMILES string of the molecule is C/C(=N/NC(N)=O)[C@@]1(C)CC2=C(CCCC2(C)C)C[C@@H]1C. The molecule has 0 fully saturated rings. The largest absolute Gasteiger partial charge is 0.350 e.